The van der Waals surface area contributed by atoms with Crippen LogP contribution in [0, 0.1) is 0 Å². The quantitative estimate of drug-likeness (QED) is 0.439. The number of phenolic OH excluding ortho intramolecular Hbond substituents is 2. The summed E-state index contributed by atoms with van der Waals surface area (Å²) in [5.41, 5.74) is 2.27. The average molecular weight is 511 g/mol. The van der Waals surface area contributed by atoms with Gasteiger partial charge in [0.15, 0.2) is 0 Å². The summed E-state index contributed by atoms with van der Waals surface area (Å²) in [5, 5.41) is 21.1. The van der Waals surface area contributed by atoms with E-state index in [4.69, 9.17) is 9.47 Å². The first-order valence-corrected chi connectivity index (χ1v) is 13.4. The maximum Gasteiger partial charge on any atom is 0.338 e. The van der Waals surface area contributed by atoms with Crippen molar-refractivity contribution in [3.05, 3.63) is 58.7 Å². The molecule has 0 amide bonds. The smallest absolute Gasteiger partial charge is 0.338 e. The van der Waals surface area contributed by atoms with Gasteiger partial charge in [0.1, 0.15) is 11.5 Å². The van der Waals surface area contributed by atoms with E-state index in [1.165, 1.54) is 0 Å². The molecule has 1 heterocycles. The van der Waals surface area contributed by atoms with Crippen molar-refractivity contribution in [2.45, 2.75) is 77.5 Å². The fourth-order valence-electron chi connectivity index (χ4n) is 5.39. The van der Waals surface area contributed by atoms with Crippen LogP contribution >= 0.6 is 0 Å². The molecule has 0 spiro atoms. The number of esters is 2. The van der Waals surface area contributed by atoms with E-state index in [0.717, 1.165) is 38.5 Å². The molecule has 2 atom stereocenters. The molecule has 8 nitrogen and oxygen atoms in total. The minimum Gasteiger partial charge on any atom is -0.508 e. The van der Waals surface area contributed by atoms with E-state index < -0.39 is 0 Å². The molecule has 2 N–H and O–H groups in total. The highest BCUT2D eigenvalue weighted by molar-refractivity contribution is 5.90. The molecule has 2 aliphatic rings. The number of carbonyl (C=O) groups is 2. The van der Waals surface area contributed by atoms with E-state index in [1.807, 2.05) is 13.8 Å². The molecular formula is C29H38N2O6. The Kier molecular flexibility index (Phi) is 9.05. The van der Waals surface area contributed by atoms with Gasteiger partial charge in [0.05, 0.1) is 31.0 Å². The topological polar surface area (TPSA) is 99.5 Å². The van der Waals surface area contributed by atoms with Gasteiger partial charge < -0.3 is 19.7 Å². The van der Waals surface area contributed by atoms with Gasteiger partial charge in [-0.3, -0.25) is 9.80 Å². The zero-order valence-electron chi connectivity index (χ0n) is 21.8. The van der Waals surface area contributed by atoms with Crippen LogP contribution in [0.3, 0.4) is 0 Å². The maximum atomic E-state index is 12.4. The van der Waals surface area contributed by atoms with Gasteiger partial charge in [-0.25, -0.2) is 9.59 Å². The second kappa shape index (κ2) is 12.4. The summed E-state index contributed by atoms with van der Waals surface area (Å²) < 4.78 is 10.5. The summed E-state index contributed by atoms with van der Waals surface area (Å²) in [6.07, 6.45) is 5.89. The first kappa shape index (κ1) is 26.9. The van der Waals surface area contributed by atoms with Crippen LogP contribution in [-0.4, -0.2) is 63.9 Å². The van der Waals surface area contributed by atoms with Gasteiger partial charge in [0, 0.05) is 36.3 Å². The molecule has 8 heteroatoms. The highest BCUT2D eigenvalue weighted by Gasteiger charge is 2.41. The van der Waals surface area contributed by atoms with Gasteiger partial charge in [-0.1, -0.05) is 26.7 Å². The number of hydrogen-bond donors (Lipinski definition) is 2. The highest BCUT2D eigenvalue weighted by atomic mass is 16.5. The van der Waals surface area contributed by atoms with Crippen LogP contribution in [0.5, 0.6) is 11.5 Å². The van der Waals surface area contributed by atoms with E-state index in [0.29, 0.717) is 67.3 Å². The van der Waals surface area contributed by atoms with Crippen molar-refractivity contribution in [3.8, 4) is 11.5 Å². The molecule has 1 saturated heterocycles. The highest BCUT2D eigenvalue weighted by Crippen LogP contribution is 2.36. The number of hydrogen-bond acceptors (Lipinski definition) is 8. The van der Waals surface area contributed by atoms with Gasteiger partial charge in [-0.2, -0.15) is 0 Å². The monoisotopic (exact) mass is 510 g/mol. The largest absolute Gasteiger partial charge is 0.508 e. The van der Waals surface area contributed by atoms with E-state index in [2.05, 4.69) is 9.80 Å². The second-order valence-electron chi connectivity index (χ2n) is 10.0. The lowest BCUT2D eigenvalue weighted by Gasteiger charge is -2.32. The van der Waals surface area contributed by atoms with Gasteiger partial charge in [-0.15, -0.1) is 0 Å². The third-order valence-corrected chi connectivity index (χ3v) is 7.25. The van der Waals surface area contributed by atoms with E-state index >= 15 is 0 Å². The zero-order chi connectivity index (χ0) is 26.4. The lowest BCUT2D eigenvalue weighted by Crippen LogP contribution is -2.39. The summed E-state index contributed by atoms with van der Waals surface area (Å²) >= 11 is 0. The second-order valence-corrected chi connectivity index (χ2v) is 10.0. The van der Waals surface area contributed by atoms with E-state index in [1.54, 1.807) is 36.4 Å². The third kappa shape index (κ3) is 6.43. The molecule has 1 aliphatic carbocycles. The number of nitrogens with zero attached hydrogens (tertiary/aromatic N) is 2. The van der Waals surface area contributed by atoms with Crippen LogP contribution in [-0.2, 0) is 22.6 Å². The molecule has 0 aromatic heterocycles. The van der Waals surface area contributed by atoms with E-state index in [9.17, 15) is 19.8 Å². The molecule has 0 bridgehead atoms. The molecule has 1 saturated carbocycles. The lowest BCUT2D eigenvalue weighted by atomic mass is 9.89. The Labute approximate surface area is 218 Å². The van der Waals surface area contributed by atoms with Crippen LogP contribution in [0.25, 0.3) is 0 Å². The standard InChI is InChI=1S/C29H38N2O6/c1-3-13-36-28(34)20-9-11-26(32)22(15-20)17-30-19-31(25-8-6-5-7-24(25)30)18-23-16-21(10-12-27(23)33)29(35)37-14-4-2/h9-12,15-16,24-25,32-33H,3-8,13-14,17-19H2,1-2H3/t24-,25+. The maximum absolute atomic E-state index is 12.4. The number of fused-ring (bicyclic) bond motifs is 1. The van der Waals surface area contributed by atoms with Crippen molar-refractivity contribution in [3.63, 3.8) is 0 Å². The molecule has 0 radical (unpaired) electrons. The van der Waals surface area contributed by atoms with Crippen molar-refractivity contribution in [1.82, 2.24) is 9.80 Å². The van der Waals surface area contributed by atoms with Gasteiger partial charge >= 0.3 is 11.9 Å². The molecule has 1 aliphatic heterocycles. The molecule has 2 aromatic rings. The van der Waals surface area contributed by atoms with Crippen LogP contribution in [0.15, 0.2) is 36.4 Å². The molecule has 0 unspecified atom stereocenters. The van der Waals surface area contributed by atoms with E-state index in [-0.39, 0.29) is 23.4 Å². The third-order valence-electron chi connectivity index (χ3n) is 7.25. The predicted octanol–water partition coefficient (Wildman–Crippen LogP) is 4.82. The number of rotatable bonds is 10. The first-order valence-electron chi connectivity index (χ1n) is 13.4. The summed E-state index contributed by atoms with van der Waals surface area (Å²) in [5.74, 6) is -0.438. The summed E-state index contributed by atoms with van der Waals surface area (Å²) in [7, 11) is 0. The van der Waals surface area contributed by atoms with Crippen molar-refractivity contribution < 1.29 is 29.3 Å². The summed E-state index contributed by atoms with van der Waals surface area (Å²) in [6, 6.07) is 10.4. The number of carbonyl (C=O) groups excluding carboxylic acids is 2. The van der Waals surface area contributed by atoms with Crippen molar-refractivity contribution in [2.75, 3.05) is 19.9 Å². The molecule has 2 fully saturated rings. The summed E-state index contributed by atoms with van der Waals surface area (Å²) in [6.45, 7) is 6.30. The zero-order valence-corrected chi connectivity index (χ0v) is 21.8. The fraction of sp³-hybridized carbons (Fsp3) is 0.517. The van der Waals surface area contributed by atoms with Gasteiger partial charge in [0.2, 0.25) is 0 Å². The molecular weight excluding hydrogens is 472 g/mol. The number of ether oxygens (including phenoxy) is 2. The predicted molar refractivity (Wildman–Crippen MR) is 139 cm³/mol. The van der Waals surface area contributed by atoms with Gasteiger partial charge in [-0.05, 0) is 62.1 Å². The van der Waals surface area contributed by atoms with Crippen LogP contribution in [0.4, 0.5) is 0 Å². The fourth-order valence-corrected chi connectivity index (χ4v) is 5.39. The number of phenols is 2. The average Bonchev–Trinajstić information content (AvgIpc) is 3.25. The van der Waals surface area contributed by atoms with Crippen molar-refractivity contribution in [2.24, 2.45) is 0 Å². The van der Waals surface area contributed by atoms with Crippen LogP contribution in [0.2, 0.25) is 0 Å². The molecule has 37 heavy (non-hydrogen) atoms. The van der Waals surface area contributed by atoms with Crippen LogP contribution < -0.4 is 0 Å². The Balaban J connectivity index is 1.51. The lowest BCUT2D eigenvalue weighted by molar-refractivity contribution is 0.0495. The van der Waals surface area contributed by atoms with Crippen LogP contribution in [0.1, 0.15) is 84.2 Å². The number of aromatic hydroxyl groups is 2. The number of benzene rings is 2. The Morgan fingerprint density at radius 2 is 1.22 bits per heavy atom. The SMILES string of the molecule is CCCOC(=O)c1ccc(O)c(CN2CN(Cc3cc(C(=O)OCCC)ccc3O)[C@H]3CCCC[C@H]32)c1. The molecule has 200 valence electrons. The van der Waals surface area contributed by atoms with Crippen molar-refractivity contribution in [1.29, 1.82) is 0 Å². The Bertz CT molecular complexity index is 1020. The van der Waals surface area contributed by atoms with Gasteiger partial charge in [0.25, 0.3) is 0 Å². The van der Waals surface area contributed by atoms with Crippen molar-refractivity contribution >= 4 is 11.9 Å². The summed E-state index contributed by atoms with van der Waals surface area (Å²) in [4.78, 5) is 29.4. The first-order chi connectivity index (χ1) is 17.9. The molecule has 2 aromatic carbocycles. The normalized spacial score (nSPS) is 19.9. The Morgan fingerprint density at radius 1 is 0.784 bits per heavy atom. The molecule has 4 rings (SSSR count). The Hall–Kier alpha value is -3.10. The Morgan fingerprint density at radius 3 is 1.62 bits per heavy atom. The minimum atomic E-state index is -0.380. The minimum absolute atomic E-state index is 0.161.